The standard InChI is InChI=1S/C17H22ClNO2/c1-12-5-4-8-17(10-12,11-18)19-16(20)15-9-13-6-2-3-7-14(13)21-15/h2-3,6-7,12,15H,4-5,8-11H2,1H3,(H,19,20). The van der Waals surface area contributed by atoms with Gasteiger partial charge < -0.3 is 10.1 Å². The van der Waals surface area contributed by atoms with Crippen molar-refractivity contribution < 1.29 is 9.53 Å². The number of hydrogen-bond acceptors (Lipinski definition) is 2. The van der Waals surface area contributed by atoms with E-state index in [1.54, 1.807) is 0 Å². The Balaban J connectivity index is 1.67. The molecule has 0 bridgehead atoms. The van der Waals surface area contributed by atoms with Crippen molar-refractivity contribution in [2.24, 2.45) is 5.92 Å². The van der Waals surface area contributed by atoms with Crippen molar-refractivity contribution in [3.8, 4) is 5.75 Å². The molecule has 1 amide bonds. The summed E-state index contributed by atoms with van der Waals surface area (Å²) in [6.07, 6.45) is 4.50. The first kappa shape index (κ1) is 14.7. The lowest BCUT2D eigenvalue weighted by Gasteiger charge is -2.39. The number of fused-ring (bicyclic) bond motifs is 1. The van der Waals surface area contributed by atoms with Gasteiger partial charge in [0.1, 0.15) is 5.75 Å². The Morgan fingerprint density at radius 2 is 2.29 bits per heavy atom. The third-order valence-electron chi connectivity index (χ3n) is 4.68. The number of alkyl halides is 1. The molecule has 4 heteroatoms. The Kier molecular flexibility index (Phi) is 4.12. The molecule has 1 aromatic carbocycles. The number of hydrogen-bond donors (Lipinski definition) is 1. The molecule has 1 aliphatic carbocycles. The summed E-state index contributed by atoms with van der Waals surface area (Å²) in [7, 11) is 0. The highest BCUT2D eigenvalue weighted by molar-refractivity contribution is 6.18. The molecule has 3 unspecified atom stereocenters. The predicted octanol–water partition coefficient (Wildman–Crippen LogP) is 3.29. The maximum Gasteiger partial charge on any atom is 0.261 e. The monoisotopic (exact) mass is 307 g/mol. The number of carbonyl (C=O) groups excluding carboxylic acids is 1. The molecule has 1 aromatic rings. The van der Waals surface area contributed by atoms with Crippen LogP contribution in [0, 0.1) is 5.92 Å². The second-order valence-electron chi connectivity index (χ2n) is 6.52. The Hall–Kier alpha value is -1.22. The molecule has 3 atom stereocenters. The maximum atomic E-state index is 12.6. The molecular formula is C17H22ClNO2. The first-order chi connectivity index (χ1) is 10.1. The van der Waals surface area contributed by atoms with Crippen molar-refractivity contribution >= 4 is 17.5 Å². The van der Waals surface area contributed by atoms with E-state index in [-0.39, 0.29) is 11.4 Å². The maximum absolute atomic E-state index is 12.6. The molecule has 0 radical (unpaired) electrons. The molecular weight excluding hydrogens is 286 g/mol. The number of rotatable bonds is 3. The molecule has 0 aromatic heterocycles. The quantitative estimate of drug-likeness (QED) is 0.870. The van der Waals surface area contributed by atoms with Gasteiger partial charge >= 0.3 is 0 Å². The summed E-state index contributed by atoms with van der Waals surface area (Å²) < 4.78 is 5.77. The number of ether oxygens (including phenoxy) is 1. The highest BCUT2D eigenvalue weighted by Crippen LogP contribution is 2.34. The summed E-state index contributed by atoms with van der Waals surface area (Å²) in [5, 5.41) is 3.19. The minimum atomic E-state index is -0.417. The smallest absolute Gasteiger partial charge is 0.261 e. The zero-order valence-corrected chi connectivity index (χ0v) is 13.2. The average molecular weight is 308 g/mol. The van der Waals surface area contributed by atoms with Crippen molar-refractivity contribution in [1.82, 2.24) is 5.32 Å². The van der Waals surface area contributed by atoms with Crippen molar-refractivity contribution in [2.75, 3.05) is 5.88 Å². The van der Waals surface area contributed by atoms with Crippen LogP contribution in [0.3, 0.4) is 0 Å². The molecule has 1 aliphatic heterocycles. The molecule has 1 fully saturated rings. The number of nitrogens with one attached hydrogen (secondary N) is 1. The number of para-hydroxylation sites is 1. The fourth-order valence-corrected chi connectivity index (χ4v) is 3.91. The molecule has 3 rings (SSSR count). The van der Waals surface area contributed by atoms with Crippen molar-refractivity contribution in [1.29, 1.82) is 0 Å². The Labute approximate surface area is 131 Å². The highest BCUT2D eigenvalue weighted by Gasteiger charge is 2.39. The topological polar surface area (TPSA) is 38.3 Å². The van der Waals surface area contributed by atoms with Gasteiger partial charge in [-0.05, 0) is 30.4 Å². The first-order valence-corrected chi connectivity index (χ1v) is 8.28. The van der Waals surface area contributed by atoms with E-state index in [1.165, 1.54) is 6.42 Å². The first-order valence-electron chi connectivity index (χ1n) is 7.74. The summed E-state index contributed by atoms with van der Waals surface area (Å²) in [5.74, 6) is 1.89. The molecule has 2 aliphatic rings. The van der Waals surface area contributed by atoms with E-state index in [9.17, 15) is 4.79 Å². The summed E-state index contributed by atoms with van der Waals surface area (Å²) in [5.41, 5.74) is 0.851. The Morgan fingerprint density at radius 1 is 1.48 bits per heavy atom. The molecule has 0 spiro atoms. The van der Waals surface area contributed by atoms with E-state index in [0.29, 0.717) is 18.2 Å². The van der Waals surface area contributed by atoms with Gasteiger partial charge in [-0.3, -0.25) is 4.79 Å². The van der Waals surface area contributed by atoms with E-state index in [2.05, 4.69) is 12.2 Å². The number of carbonyl (C=O) groups is 1. The van der Waals surface area contributed by atoms with Gasteiger partial charge in [0.05, 0.1) is 5.54 Å². The van der Waals surface area contributed by atoms with E-state index in [1.807, 2.05) is 24.3 Å². The van der Waals surface area contributed by atoms with Crippen LogP contribution in [-0.2, 0) is 11.2 Å². The predicted molar refractivity (Wildman–Crippen MR) is 83.8 cm³/mol. The SMILES string of the molecule is CC1CCCC(CCl)(NC(=O)C2Cc3ccccc3O2)C1. The lowest BCUT2D eigenvalue weighted by atomic mass is 9.77. The van der Waals surface area contributed by atoms with Crippen LogP contribution in [-0.4, -0.2) is 23.4 Å². The van der Waals surface area contributed by atoms with Gasteiger partial charge in [-0.2, -0.15) is 0 Å². The van der Waals surface area contributed by atoms with Gasteiger partial charge in [-0.1, -0.05) is 38.0 Å². The normalized spacial score (nSPS) is 31.3. The molecule has 3 nitrogen and oxygen atoms in total. The number of amides is 1. The minimum Gasteiger partial charge on any atom is -0.480 e. The molecule has 1 N–H and O–H groups in total. The van der Waals surface area contributed by atoms with Crippen LogP contribution in [0.2, 0.25) is 0 Å². The average Bonchev–Trinajstić information content (AvgIpc) is 2.91. The zero-order chi connectivity index (χ0) is 14.9. The van der Waals surface area contributed by atoms with E-state index in [0.717, 1.165) is 30.6 Å². The molecule has 0 saturated heterocycles. The lowest BCUT2D eigenvalue weighted by molar-refractivity contribution is -0.129. The van der Waals surface area contributed by atoms with Crippen LogP contribution in [0.1, 0.15) is 38.2 Å². The number of halogens is 1. The van der Waals surface area contributed by atoms with Crippen LogP contribution < -0.4 is 10.1 Å². The molecule has 21 heavy (non-hydrogen) atoms. The Morgan fingerprint density at radius 3 is 3.00 bits per heavy atom. The molecule has 114 valence electrons. The molecule has 1 saturated carbocycles. The van der Waals surface area contributed by atoms with Crippen LogP contribution in [0.5, 0.6) is 5.75 Å². The van der Waals surface area contributed by atoms with E-state index < -0.39 is 6.10 Å². The largest absolute Gasteiger partial charge is 0.480 e. The van der Waals surface area contributed by atoms with Gasteiger partial charge in [-0.25, -0.2) is 0 Å². The lowest BCUT2D eigenvalue weighted by Crippen LogP contribution is -2.56. The second kappa shape index (κ2) is 5.88. The van der Waals surface area contributed by atoms with Crippen LogP contribution in [0.15, 0.2) is 24.3 Å². The minimum absolute atomic E-state index is 0.0269. The van der Waals surface area contributed by atoms with Gasteiger partial charge in [0.25, 0.3) is 5.91 Å². The summed E-state index contributed by atoms with van der Waals surface area (Å²) in [6, 6.07) is 7.85. The Bertz CT molecular complexity index is 508. The summed E-state index contributed by atoms with van der Waals surface area (Å²) in [4.78, 5) is 12.6. The van der Waals surface area contributed by atoms with E-state index >= 15 is 0 Å². The van der Waals surface area contributed by atoms with Crippen LogP contribution in [0.25, 0.3) is 0 Å². The van der Waals surface area contributed by atoms with Crippen molar-refractivity contribution in [3.63, 3.8) is 0 Å². The summed E-state index contributed by atoms with van der Waals surface area (Å²) in [6.45, 7) is 2.23. The van der Waals surface area contributed by atoms with Crippen molar-refractivity contribution in [3.05, 3.63) is 29.8 Å². The van der Waals surface area contributed by atoms with Gasteiger partial charge in [-0.15, -0.1) is 11.6 Å². The fraction of sp³-hybridized carbons (Fsp3) is 0.588. The zero-order valence-electron chi connectivity index (χ0n) is 12.4. The third kappa shape index (κ3) is 3.03. The summed E-state index contributed by atoms with van der Waals surface area (Å²) >= 11 is 6.19. The van der Waals surface area contributed by atoms with Gasteiger partial charge in [0, 0.05) is 12.3 Å². The van der Waals surface area contributed by atoms with Gasteiger partial charge in [0.2, 0.25) is 0 Å². The number of benzene rings is 1. The second-order valence-corrected chi connectivity index (χ2v) is 6.79. The van der Waals surface area contributed by atoms with E-state index in [4.69, 9.17) is 16.3 Å². The van der Waals surface area contributed by atoms with Gasteiger partial charge in [0.15, 0.2) is 6.10 Å². The molecule has 1 heterocycles. The fourth-order valence-electron chi connectivity index (χ4n) is 3.60. The van der Waals surface area contributed by atoms with Crippen molar-refractivity contribution in [2.45, 2.75) is 50.7 Å². The highest BCUT2D eigenvalue weighted by atomic mass is 35.5. The van der Waals surface area contributed by atoms with Crippen LogP contribution >= 0.6 is 11.6 Å². The third-order valence-corrected chi connectivity index (χ3v) is 5.19. The van der Waals surface area contributed by atoms with Crippen LogP contribution in [0.4, 0.5) is 0 Å².